The quantitative estimate of drug-likeness (QED) is 0.651. The third kappa shape index (κ3) is 3.80. The Morgan fingerprint density at radius 2 is 1.90 bits per heavy atom. The van der Waals surface area contributed by atoms with Crippen molar-refractivity contribution in [3.8, 4) is 11.5 Å². The number of fused-ring (bicyclic) bond motifs is 1. The maximum absolute atomic E-state index is 12.7. The van der Waals surface area contributed by atoms with Gasteiger partial charge in [-0.1, -0.05) is 28.8 Å². The number of hydrogen-bond donors (Lipinski definition) is 2. The Hall–Kier alpha value is -2.29. The van der Waals surface area contributed by atoms with Gasteiger partial charge in [0.1, 0.15) is 18.8 Å². The predicted octanol–water partition coefficient (Wildman–Crippen LogP) is 2.65. The second-order valence-electron chi connectivity index (χ2n) is 7.73. The average molecular weight is 466 g/mol. The normalized spacial score (nSPS) is 20.7. The Balaban J connectivity index is 1.35. The molecule has 2 N–H and O–H groups in total. The lowest BCUT2D eigenvalue weighted by Crippen LogP contribution is -2.44. The minimum Gasteiger partial charge on any atom is -0.486 e. The number of carbonyl (C=O) groups is 3. The average Bonchev–Trinajstić information content (AvgIpc) is 3.25. The first-order chi connectivity index (χ1) is 13.9. The maximum atomic E-state index is 12.7. The SMILES string of the molecule is CC(NC(=O)CCN1C(=O)NC2(CCCC2)C1=O)c1cc2c(cc1Br)OCCO2. The molecular weight excluding hydrogens is 442 g/mol. The second kappa shape index (κ2) is 7.85. The van der Waals surface area contributed by atoms with Crippen molar-refractivity contribution in [2.75, 3.05) is 19.8 Å². The van der Waals surface area contributed by atoms with Crippen LogP contribution in [0.15, 0.2) is 16.6 Å². The number of urea groups is 1. The third-order valence-electron chi connectivity index (χ3n) is 5.77. The van der Waals surface area contributed by atoms with E-state index in [1.165, 1.54) is 4.90 Å². The van der Waals surface area contributed by atoms with Crippen LogP contribution in [0.2, 0.25) is 0 Å². The maximum Gasteiger partial charge on any atom is 0.325 e. The summed E-state index contributed by atoms with van der Waals surface area (Å²) in [6.07, 6.45) is 3.27. The molecule has 1 atom stereocenters. The Morgan fingerprint density at radius 1 is 1.24 bits per heavy atom. The van der Waals surface area contributed by atoms with E-state index < -0.39 is 11.6 Å². The summed E-state index contributed by atoms with van der Waals surface area (Å²) in [6, 6.07) is 3.01. The summed E-state index contributed by atoms with van der Waals surface area (Å²) in [7, 11) is 0. The van der Waals surface area contributed by atoms with Crippen molar-refractivity contribution in [2.24, 2.45) is 0 Å². The van der Waals surface area contributed by atoms with Crippen LogP contribution in [0.5, 0.6) is 11.5 Å². The van der Waals surface area contributed by atoms with Gasteiger partial charge in [-0.2, -0.15) is 0 Å². The van der Waals surface area contributed by atoms with Crippen molar-refractivity contribution in [3.05, 3.63) is 22.2 Å². The van der Waals surface area contributed by atoms with Crippen molar-refractivity contribution < 1.29 is 23.9 Å². The number of carbonyl (C=O) groups excluding carboxylic acids is 3. The summed E-state index contributed by atoms with van der Waals surface area (Å²) in [5, 5.41) is 5.75. The molecule has 3 aliphatic rings. The predicted molar refractivity (Wildman–Crippen MR) is 108 cm³/mol. The Morgan fingerprint density at radius 3 is 2.59 bits per heavy atom. The zero-order chi connectivity index (χ0) is 20.6. The highest BCUT2D eigenvalue weighted by atomic mass is 79.9. The zero-order valence-corrected chi connectivity index (χ0v) is 17.8. The minimum absolute atomic E-state index is 0.0573. The van der Waals surface area contributed by atoms with E-state index in [1.807, 2.05) is 19.1 Å². The van der Waals surface area contributed by atoms with Crippen LogP contribution in [0.3, 0.4) is 0 Å². The molecule has 2 fully saturated rings. The van der Waals surface area contributed by atoms with Gasteiger partial charge in [0.05, 0.1) is 6.04 Å². The van der Waals surface area contributed by atoms with Gasteiger partial charge in [-0.15, -0.1) is 0 Å². The molecule has 1 spiro atoms. The fourth-order valence-electron chi connectivity index (χ4n) is 4.21. The van der Waals surface area contributed by atoms with Crippen LogP contribution in [-0.2, 0) is 9.59 Å². The Kier molecular flexibility index (Phi) is 5.42. The fraction of sp³-hybridized carbons (Fsp3) is 0.550. The minimum atomic E-state index is -0.739. The lowest BCUT2D eigenvalue weighted by atomic mass is 9.98. The van der Waals surface area contributed by atoms with E-state index in [0.717, 1.165) is 22.9 Å². The zero-order valence-electron chi connectivity index (χ0n) is 16.3. The highest BCUT2D eigenvalue weighted by Gasteiger charge is 2.52. The van der Waals surface area contributed by atoms with Crippen molar-refractivity contribution in [1.29, 1.82) is 0 Å². The summed E-state index contributed by atoms with van der Waals surface area (Å²) < 4.78 is 12.0. The molecule has 29 heavy (non-hydrogen) atoms. The van der Waals surface area contributed by atoms with E-state index in [0.29, 0.717) is 37.6 Å². The number of amides is 4. The number of imide groups is 1. The van der Waals surface area contributed by atoms with E-state index in [9.17, 15) is 14.4 Å². The summed E-state index contributed by atoms with van der Waals surface area (Å²) in [6.45, 7) is 2.94. The molecule has 1 unspecified atom stereocenters. The van der Waals surface area contributed by atoms with Gasteiger partial charge in [-0.3, -0.25) is 14.5 Å². The number of rotatable bonds is 5. The molecule has 0 aromatic heterocycles. The van der Waals surface area contributed by atoms with Gasteiger partial charge in [0, 0.05) is 17.4 Å². The number of halogens is 1. The van der Waals surface area contributed by atoms with Crippen molar-refractivity contribution in [2.45, 2.75) is 50.6 Å². The van der Waals surface area contributed by atoms with E-state index in [2.05, 4.69) is 26.6 Å². The van der Waals surface area contributed by atoms with Crippen LogP contribution >= 0.6 is 15.9 Å². The second-order valence-corrected chi connectivity index (χ2v) is 8.59. The van der Waals surface area contributed by atoms with Crippen LogP contribution in [0.1, 0.15) is 50.6 Å². The van der Waals surface area contributed by atoms with Gasteiger partial charge in [-0.05, 0) is 37.5 Å². The van der Waals surface area contributed by atoms with E-state index in [-0.39, 0.29) is 30.8 Å². The smallest absolute Gasteiger partial charge is 0.325 e. The molecule has 0 bridgehead atoms. The van der Waals surface area contributed by atoms with Crippen molar-refractivity contribution in [3.63, 3.8) is 0 Å². The van der Waals surface area contributed by atoms with E-state index in [4.69, 9.17) is 9.47 Å². The lowest BCUT2D eigenvalue weighted by Gasteiger charge is -2.23. The first-order valence-corrected chi connectivity index (χ1v) is 10.7. The molecule has 8 nitrogen and oxygen atoms in total. The first kappa shape index (κ1) is 20.0. The van der Waals surface area contributed by atoms with Crippen molar-refractivity contribution in [1.82, 2.24) is 15.5 Å². The monoisotopic (exact) mass is 465 g/mol. The molecule has 4 rings (SSSR count). The summed E-state index contributed by atoms with van der Waals surface area (Å²) in [5.41, 5.74) is 0.124. The van der Waals surface area contributed by atoms with E-state index in [1.54, 1.807) is 0 Å². The lowest BCUT2D eigenvalue weighted by molar-refractivity contribution is -0.131. The number of nitrogens with zero attached hydrogens (tertiary/aromatic N) is 1. The van der Waals surface area contributed by atoms with Crippen LogP contribution in [0.25, 0.3) is 0 Å². The van der Waals surface area contributed by atoms with Crippen molar-refractivity contribution >= 4 is 33.8 Å². The summed E-state index contributed by atoms with van der Waals surface area (Å²) in [5.74, 6) is 0.893. The van der Waals surface area contributed by atoms with Crippen LogP contribution < -0.4 is 20.1 Å². The highest BCUT2D eigenvalue weighted by Crippen LogP contribution is 2.38. The van der Waals surface area contributed by atoms with Crippen LogP contribution in [0, 0.1) is 0 Å². The number of benzene rings is 1. The largest absolute Gasteiger partial charge is 0.486 e. The summed E-state index contributed by atoms with van der Waals surface area (Å²) >= 11 is 3.52. The molecule has 156 valence electrons. The first-order valence-electron chi connectivity index (χ1n) is 9.92. The number of nitrogens with one attached hydrogen (secondary N) is 2. The topological polar surface area (TPSA) is 97.0 Å². The molecule has 1 aromatic carbocycles. The molecule has 9 heteroatoms. The van der Waals surface area contributed by atoms with Gasteiger partial charge in [0.2, 0.25) is 5.91 Å². The highest BCUT2D eigenvalue weighted by molar-refractivity contribution is 9.10. The van der Waals surface area contributed by atoms with Gasteiger partial charge < -0.3 is 20.1 Å². The van der Waals surface area contributed by atoms with E-state index >= 15 is 0 Å². The molecule has 1 aromatic rings. The molecular formula is C20H24BrN3O5. The molecule has 1 aliphatic carbocycles. The molecule has 0 radical (unpaired) electrons. The fourth-order valence-corrected chi connectivity index (χ4v) is 4.88. The summed E-state index contributed by atoms with van der Waals surface area (Å²) in [4.78, 5) is 38.5. The van der Waals surface area contributed by atoms with Gasteiger partial charge in [0.15, 0.2) is 11.5 Å². The van der Waals surface area contributed by atoms with Crippen LogP contribution in [-0.4, -0.2) is 48.0 Å². The van der Waals surface area contributed by atoms with Gasteiger partial charge >= 0.3 is 6.03 Å². The molecule has 2 heterocycles. The van der Waals surface area contributed by atoms with Crippen LogP contribution in [0.4, 0.5) is 4.79 Å². The van der Waals surface area contributed by atoms with Gasteiger partial charge in [0.25, 0.3) is 5.91 Å². The molecule has 4 amide bonds. The number of ether oxygens (including phenoxy) is 2. The third-order valence-corrected chi connectivity index (χ3v) is 6.46. The Labute approximate surface area is 177 Å². The molecule has 2 aliphatic heterocycles. The van der Waals surface area contributed by atoms with Gasteiger partial charge in [-0.25, -0.2) is 4.79 Å². The molecule has 1 saturated carbocycles. The Bertz CT molecular complexity index is 853. The standard InChI is InChI=1S/C20H24BrN3O5/c1-12(13-10-15-16(11-14(13)21)29-9-8-28-15)22-17(25)4-7-24-18(26)20(23-19(24)27)5-2-3-6-20/h10-12H,2-9H2,1H3,(H,22,25)(H,23,27). The number of hydrogen-bond acceptors (Lipinski definition) is 5. The molecule has 1 saturated heterocycles.